The molecule has 1 aliphatic heterocycles. The van der Waals surface area contributed by atoms with Crippen LogP contribution in [-0.4, -0.2) is 24.9 Å². The first-order chi connectivity index (χ1) is 11.1. The molecule has 5 heteroatoms. The van der Waals surface area contributed by atoms with Gasteiger partial charge in [0.15, 0.2) is 0 Å². The van der Waals surface area contributed by atoms with Gasteiger partial charge in [-0.15, -0.1) is 0 Å². The summed E-state index contributed by atoms with van der Waals surface area (Å²) < 4.78 is 0. The quantitative estimate of drug-likeness (QED) is 0.903. The number of amides is 2. The van der Waals surface area contributed by atoms with Crippen molar-refractivity contribution in [3.63, 3.8) is 0 Å². The van der Waals surface area contributed by atoms with Crippen molar-refractivity contribution in [3.8, 4) is 0 Å². The summed E-state index contributed by atoms with van der Waals surface area (Å²) in [4.78, 5) is 25.7. The van der Waals surface area contributed by atoms with E-state index in [-0.39, 0.29) is 11.8 Å². The smallest absolute Gasteiger partial charge is 0.258 e. The molecule has 5 nitrogen and oxygen atoms in total. The molecule has 0 aliphatic carbocycles. The summed E-state index contributed by atoms with van der Waals surface area (Å²) in [5.41, 5.74) is 14.0. The predicted molar refractivity (Wildman–Crippen MR) is 89.5 cm³/mol. The molecule has 2 amide bonds. The van der Waals surface area contributed by atoms with Crippen LogP contribution in [0.1, 0.15) is 38.6 Å². The van der Waals surface area contributed by atoms with Crippen molar-refractivity contribution in [2.24, 2.45) is 11.5 Å². The van der Waals surface area contributed by atoms with Crippen LogP contribution in [0.15, 0.2) is 48.5 Å². The Labute approximate surface area is 134 Å². The van der Waals surface area contributed by atoms with Crippen LogP contribution < -0.4 is 16.4 Å². The van der Waals surface area contributed by atoms with Gasteiger partial charge in [-0.1, -0.05) is 18.2 Å². The highest BCUT2D eigenvalue weighted by atomic mass is 16.2. The van der Waals surface area contributed by atoms with Crippen LogP contribution in [0, 0.1) is 0 Å². The number of anilines is 1. The Kier molecular flexibility index (Phi) is 4.12. The molecule has 2 aromatic rings. The van der Waals surface area contributed by atoms with Crippen molar-refractivity contribution in [1.82, 2.24) is 0 Å². The van der Waals surface area contributed by atoms with Crippen molar-refractivity contribution in [1.29, 1.82) is 0 Å². The zero-order valence-electron chi connectivity index (χ0n) is 12.7. The first-order valence-corrected chi connectivity index (χ1v) is 7.62. The second kappa shape index (κ2) is 6.22. The van der Waals surface area contributed by atoms with Gasteiger partial charge in [0, 0.05) is 29.3 Å². The summed E-state index contributed by atoms with van der Waals surface area (Å²) in [6.07, 6.45) is 0.849. The number of primary amides is 1. The third kappa shape index (κ3) is 2.83. The van der Waals surface area contributed by atoms with Crippen LogP contribution in [0.3, 0.4) is 0 Å². The molecule has 23 heavy (non-hydrogen) atoms. The van der Waals surface area contributed by atoms with Crippen molar-refractivity contribution in [2.75, 3.05) is 18.0 Å². The van der Waals surface area contributed by atoms with E-state index in [0.717, 1.165) is 12.1 Å². The zero-order valence-corrected chi connectivity index (χ0v) is 12.7. The number of benzene rings is 2. The number of hydrogen-bond donors (Lipinski definition) is 2. The molecule has 0 fully saturated rings. The lowest BCUT2D eigenvalue weighted by Gasteiger charge is -2.18. The van der Waals surface area contributed by atoms with Crippen LogP contribution >= 0.6 is 0 Å². The van der Waals surface area contributed by atoms with E-state index in [2.05, 4.69) is 6.07 Å². The Hall–Kier alpha value is -2.66. The van der Waals surface area contributed by atoms with E-state index in [1.54, 1.807) is 29.2 Å². The maximum absolute atomic E-state index is 12.8. The molecule has 3 rings (SSSR count). The summed E-state index contributed by atoms with van der Waals surface area (Å²) >= 11 is 0. The lowest BCUT2D eigenvalue weighted by atomic mass is 9.98. The van der Waals surface area contributed by atoms with E-state index in [9.17, 15) is 9.59 Å². The molecule has 0 bridgehead atoms. The Morgan fingerprint density at radius 3 is 2.35 bits per heavy atom. The van der Waals surface area contributed by atoms with Gasteiger partial charge in [0.2, 0.25) is 5.91 Å². The second-order valence-electron chi connectivity index (χ2n) is 5.69. The second-order valence-corrected chi connectivity index (χ2v) is 5.69. The highest BCUT2D eigenvalue weighted by Gasteiger charge is 2.31. The molecule has 1 aliphatic rings. The molecular formula is C18H19N3O2. The van der Waals surface area contributed by atoms with Gasteiger partial charge >= 0.3 is 0 Å². The first kappa shape index (κ1) is 15.2. The minimum atomic E-state index is -0.501. The van der Waals surface area contributed by atoms with Crippen molar-refractivity contribution in [2.45, 2.75) is 12.3 Å². The summed E-state index contributed by atoms with van der Waals surface area (Å²) in [6.45, 7) is 1.22. The SMILES string of the molecule is NCCC1CN(C(=O)c2ccc(C(N)=O)cc2)c2ccccc21. The zero-order chi connectivity index (χ0) is 16.4. The fourth-order valence-corrected chi connectivity index (χ4v) is 3.07. The largest absolute Gasteiger partial charge is 0.366 e. The average molecular weight is 309 g/mol. The Morgan fingerprint density at radius 2 is 1.70 bits per heavy atom. The number of rotatable bonds is 4. The molecule has 1 heterocycles. The van der Waals surface area contributed by atoms with E-state index in [1.165, 1.54) is 5.56 Å². The van der Waals surface area contributed by atoms with Gasteiger partial charge in [0.25, 0.3) is 5.91 Å². The van der Waals surface area contributed by atoms with E-state index in [1.807, 2.05) is 18.2 Å². The topological polar surface area (TPSA) is 89.4 Å². The summed E-state index contributed by atoms with van der Waals surface area (Å²) in [6, 6.07) is 14.4. The molecule has 0 saturated carbocycles. The van der Waals surface area contributed by atoms with Gasteiger partial charge in [-0.25, -0.2) is 0 Å². The standard InChI is InChI=1S/C18H19N3O2/c19-10-9-14-11-21(16-4-2-1-3-15(14)16)18(23)13-7-5-12(6-8-13)17(20)22/h1-8,14H,9-11,19H2,(H2,20,22). The van der Waals surface area contributed by atoms with Crippen LogP contribution in [0.4, 0.5) is 5.69 Å². The molecule has 0 aromatic heterocycles. The van der Waals surface area contributed by atoms with Gasteiger partial charge in [0.05, 0.1) is 0 Å². The molecule has 2 aromatic carbocycles. The lowest BCUT2D eigenvalue weighted by molar-refractivity contribution is 0.0981. The van der Waals surface area contributed by atoms with Crippen LogP contribution in [0.25, 0.3) is 0 Å². The maximum atomic E-state index is 12.8. The molecule has 0 saturated heterocycles. The van der Waals surface area contributed by atoms with E-state index < -0.39 is 5.91 Å². The monoisotopic (exact) mass is 309 g/mol. The molecular weight excluding hydrogens is 290 g/mol. The number of carbonyl (C=O) groups is 2. The summed E-state index contributed by atoms with van der Waals surface area (Å²) in [5.74, 6) is -0.309. The van der Waals surface area contributed by atoms with Gasteiger partial charge in [0.1, 0.15) is 0 Å². The molecule has 4 N–H and O–H groups in total. The molecule has 1 unspecified atom stereocenters. The summed E-state index contributed by atoms with van der Waals surface area (Å²) in [7, 11) is 0. The Morgan fingerprint density at radius 1 is 1.04 bits per heavy atom. The van der Waals surface area contributed by atoms with Gasteiger partial charge in [-0.05, 0) is 48.9 Å². The van der Waals surface area contributed by atoms with E-state index >= 15 is 0 Å². The van der Waals surface area contributed by atoms with Gasteiger partial charge < -0.3 is 16.4 Å². The van der Waals surface area contributed by atoms with Crippen LogP contribution in [0.5, 0.6) is 0 Å². The van der Waals surface area contributed by atoms with Crippen molar-refractivity contribution < 1.29 is 9.59 Å². The highest BCUT2D eigenvalue weighted by Crippen LogP contribution is 2.38. The lowest BCUT2D eigenvalue weighted by Crippen LogP contribution is -2.30. The normalized spacial score (nSPS) is 16.2. The summed E-state index contributed by atoms with van der Waals surface area (Å²) in [5, 5.41) is 0. The molecule has 0 spiro atoms. The highest BCUT2D eigenvalue weighted by molar-refractivity contribution is 6.08. The van der Waals surface area contributed by atoms with Crippen LogP contribution in [0.2, 0.25) is 0 Å². The first-order valence-electron chi connectivity index (χ1n) is 7.62. The third-order valence-corrected chi connectivity index (χ3v) is 4.25. The van der Waals surface area contributed by atoms with Gasteiger partial charge in [-0.3, -0.25) is 9.59 Å². The van der Waals surface area contributed by atoms with E-state index in [4.69, 9.17) is 11.5 Å². The fraction of sp³-hybridized carbons (Fsp3) is 0.222. The predicted octanol–water partition coefficient (Wildman–Crippen LogP) is 1.88. The number of fused-ring (bicyclic) bond motifs is 1. The Balaban J connectivity index is 1.89. The number of para-hydroxylation sites is 1. The van der Waals surface area contributed by atoms with Crippen molar-refractivity contribution >= 4 is 17.5 Å². The maximum Gasteiger partial charge on any atom is 0.258 e. The van der Waals surface area contributed by atoms with E-state index in [0.29, 0.717) is 24.2 Å². The third-order valence-electron chi connectivity index (χ3n) is 4.25. The van der Waals surface area contributed by atoms with Crippen LogP contribution in [-0.2, 0) is 0 Å². The molecule has 0 radical (unpaired) electrons. The minimum Gasteiger partial charge on any atom is -0.366 e. The molecule has 118 valence electrons. The Bertz CT molecular complexity index is 740. The number of nitrogens with zero attached hydrogens (tertiary/aromatic N) is 1. The van der Waals surface area contributed by atoms with Gasteiger partial charge in [-0.2, -0.15) is 0 Å². The number of hydrogen-bond acceptors (Lipinski definition) is 3. The molecule has 1 atom stereocenters. The minimum absolute atomic E-state index is 0.0759. The van der Waals surface area contributed by atoms with Crippen molar-refractivity contribution in [3.05, 3.63) is 65.2 Å². The number of carbonyl (C=O) groups excluding carboxylic acids is 2. The fourth-order valence-electron chi connectivity index (χ4n) is 3.07. The number of nitrogens with two attached hydrogens (primary N) is 2. The average Bonchev–Trinajstić information content (AvgIpc) is 2.94.